The van der Waals surface area contributed by atoms with Crippen LogP contribution in [0.5, 0.6) is 0 Å². The summed E-state index contributed by atoms with van der Waals surface area (Å²) in [6.45, 7) is 2.90. The molecule has 0 N–H and O–H groups in total. The molecule has 0 aliphatic carbocycles. The van der Waals surface area contributed by atoms with Crippen LogP contribution in [0.15, 0.2) is 29.2 Å². The number of sulfone groups is 1. The van der Waals surface area contributed by atoms with Crippen LogP contribution in [0.4, 0.5) is 0 Å². The molecule has 0 bridgehead atoms. The van der Waals surface area contributed by atoms with E-state index in [0.717, 1.165) is 5.56 Å². The van der Waals surface area contributed by atoms with Crippen molar-refractivity contribution in [2.75, 3.05) is 26.5 Å². The number of carbonyl (C=O) groups is 1. The fourth-order valence-corrected chi connectivity index (χ4v) is 2.27. The van der Waals surface area contributed by atoms with Crippen LogP contribution in [-0.4, -0.2) is 45.7 Å². The van der Waals surface area contributed by atoms with Crippen molar-refractivity contribution >= 4 is 15.8 Å². The van der Waals surface area contributed by atoms with E-state index < -0.39 is 9.84 Å². The lowest BCUT2D eigenvalue weighted by atomic mass is 10.2. The fraction of sp³-hybridized carbons (Fsp3) is 0.462. The Labute approximate surface area is 114 Å². The molecule has 0 saturated heterocycles. The molecule has 6 heteroatoms. The third-order valence-electron chi connectivity index (χ3n) is 2.51. The van der Waals surface area contributed by atoms with Gasteiger partial charge in [0.2, 0.25) is 0 Å². The summed E-state index contributed by atoms with van der Waals surface area (Å²) in [4.78, 5) is 13.4. The lowest BCUT2D eigenvalue weighted by Crippen LogP contribution is -2.27. The van der Waals surface area contributed by atoms with Gasteiger partial charge in [-0.15, -0.1) is 0 Å². The topological polar surface area (TPSA) is 63.7 Å². The summed E-state index contributed by atoms with van der Waals surface area (Å²) in [5.41, 5.74) is 0.944. The lowest BCUT2D eigenvalue weighted by molar-refractivity contribution is -0.144. The van der Waals surface area contributed by atoms with Gasteiger partial charge in [0.15, 0.2) is 9.84 Å². The molecule has 0 spiro atoms. The van der Waals surface area contributed by atoms with E-state index in [1.54, 1.807) is 38.2 Å². The van der Waals surface area contributed by atoms with E-state index in [2.05, 4.69) is 0 Å². The van der Waals surface area contributed by atoms with E-state index in [0.29, 0.717) is 18.0 Å². The van der Waals surface area contributed by atoms with Gasteiger partial charge in [-0.1, -0.05) is 12.1 Å². The first kappa shape index (κ1) is 15.7. The number of likely N-dealkylation sites (N-methyl/N-ethyl adjacent to an activating group) is 1. The zero-order valence-electron chi connectivity index (χ0n) is 11.4. The fourth-order valence-electron chi connectivity index (χ4n) is 1.64. The van der Waals surface area contributed by atoms with Crippen molar-refractivity contribution in [3.63, 3.8) is 0 Å². The Kier molecular flexibility index (Phi) is 5.50. The van der Waals surface area contributed by atoms with Gasteiger partial charge in [-0.25, -0.2) is 8.42 Å². The maximum Gasteiger partial charge on any atom is 0.320 e. The van der Waals surface area contributed by atoms with Crippen molar-refractivity contribution < 1.29 is 17.9 Å². The monoisotopic (exact) mass is 285 g/mol. The van der Waals surface area contributed by atoms with Gasteiger partial charge in [0.05, 0.1) is 18.0 Å². The van der Waals surface area contributed by atoms with Crippen molar-refractivity contribution in [3.8, 4) is 0 Å². The minimum Gasteiger partial charge on any atom is -0.465 e. The molecule has 1 aromatic rings. The lowest BCUT2D eigenvalue weighted by Gasteiger charge is -2.15. The van der Waals surface area contributed by atoms with Gasteiger partial charge < -0.3 is 4.74 Å². The Morgan fingerprint density at radius 3 is 2.32 bits per heavy atom. The number of benzene rings is 1. The van der Waals surface area contributed by atoms with Crippen LogP contribution in [-0.2, 0) is 25.9 Å². The quantitative estimate of drug-likeness (QED) is 0.732. The van der Waals surface area contributed by atoms with Crippen LogP contribution in [0.3, 0.4) is 0 Å². The molecule has 0 aromatic heterocycles. The van der Waals surface area contributed by atoms with Gasteiger partial charge in [-0.3, -0.25) is 9.69 Å². The van der Waals surface area contributed by atoms with Crippen molar-refractivity contribution in [1.82, 2.24) is 4.90 Å². The van der Waals surface area contributed by atoms with Crippen molar-refractivity contribution in [2.45, 2.75) is 18.4 Å². The molecule has 0 atom stereocenters. The van der Waals surface area contributed by atoms with Gasteiger partial charge in [-0.05, 0) is 31.7 Å². The molecular weight excluding hydrogens is 266 g/mol. The molecule has 1 rings (SSSR count). The minimum absolute atomic E-state index is 0.210. The van der Waals surface area contributed by atoms with E-state index in [1.165, 1.54) is 6.26 Å². The maximum absolute atomic E-state index is 11.3. The van der Waals surface area contributed by atoms with Crippen LogP contribution in [0, 0.1) is 0 Å². The number of rotatable bonds is 6. The molecule has 5 nitrogen and oxygen atoms in total. The summed E-state index contributed by atoms with van der Waals surface area (Å²) in [5, 5.41) is 0. The number of nitrogens with zero attached hydrogens (tertiary/aromatic N) is 1. The van der Waals surface area contributed by atoms with E-state index in [9.17, 15) is 13.2 Å². The van der Waals surface area contributed by atoms with Gasteiger partial charge in [0.25, 0.3) is 0 Å². The molecule has 0 radical (unpaired) electrons. The summed E-state index contributed by atoms with van der Waals surface area (Å²) in [7, 11) is -1.36. The number of carbonyl (C=O) groups excluding carboxylic acids is 1. The van der Waals surface area contributed by atoms with Crippen LogP contribution < -0.4 is 0 Å². The van der Waals surface area contributed by atoms with Crippen LogP contribution >= 0.6 is 0 Å². The predicted molar refractivity (Wildman–Crippen MR) is 72.5 cm³/mol. The van der Waals surface area contributed by atoms with E-state index >= 15 is 0 Å². The number of hydrogen-bond acceptors (Lipinski definition) is 5. The van der Waals surface area contributed by atoms with Crippen molar-refractivity contribution in [3.05, 3.63) is 29.8 Å². The Bertz CT molecular complexity index is 522. The highest BCUT2D eigenvalue weighted by Crippen LogP contribution is 2.11. The standard InChI is InChI=1S/C13H19NO4S/c1-4-18-13(15)10-14(2)9-11-5-7-12(8-6-11)19(3,16)17/h5-8H,4,9-10H2,1-3H3. The molecule has 0 fully saturated rings. The molecule has 0 heterocycles. The third kappa shape index (κ3) is 5.40. The second-order valence-corrected chi connectivity index (χ2v) is 6.41. The number of esters is 1. The van der Waals surface area contributed by atoms with Crippen molar-refractivity contribution in [1.29, 1.82) is 0 Å². The summed E-state index contributed by atoms with van der Waals surface area (Å²) < 4.78 is 27.5. The molecular formula is C13H19NO4S. The second kappa shape index (κ2) is 6.68. The smallest absolute Gasteiger partial charge is 0.320 e. The third-order valence-corrected chi connectivity index (χ3v) is 3.64. The molecule has 0 saturated carbocycles. The van der Waals surface area contributed by atoms with Crippen LogP contribution in [0.2, 0.25) is 0 Å². The molecule has 1 aromatic carbocycles. The SMILES string of the molecule is CCOC(=O)CN(C)Cc1ccc(S(C)(=O)=O)cc1. The van der Waals surface area contributed by atoms with Crippen molar-refractivity contribution in [2.24, 2.45) is 0 Å². The second-order valence-electron chi connectivity index (χ2n) is 4.39. The van der Waals surface area contributed by atoms with Crippen LogP contribution in [0.1, 0.15) is 12.5 Å². The minimum atomic E-state index is -3.16. The van der Waals surface area contributed by atoms with Gasteiger partial charge in [0.1, 0.15) is 0 Å². The van der Waals surface area contributed by atoms with Gasteiger partial charge >= 0.3 is 5.97 Å². The average Bonchev–Trinajstić information content (AvgIpc) is 2.28. The Morgan fingerprint density at radius 1 is 1.26 bits per heavy atom. The van der Waals surface area contributed by atoms with Crippen LogP contribution in [0.25, 0.3) is 0 Å². The summed E-state index contributed by atoms with van der Waals surface area (Å²) in [6.07, 6.45) is 1.18. The van der Waals surface area contributed by atoms with E-state index in [-0.39, 0.29) is 12.5 Å². The van der Waals surface area contributed by atoms with E-state index in [4.69, 9.17) is 4.74 Å². The molecule has 19 heavy (non-hydrogen) atoms. The number of hydrogen-bond donors (Lipinski definition) is 0. The Balaban J connectivity index is 2.61. The van der Waals surface area contributed by atoms with E-state index in [1.807, 2.05) is 4.90 Å². The highest BCUT2D eigenvalue weighted by molar-refractivity contribution is 7.90. The molecule has 106 valence electrons. The predicted octanol–water partition coefficient (Wildman–Crippen LogP) is 1.08. The Morgan fingerprint density at radius 2 is 1.84 bits per heavy atom. The largest absolute Gasteiger partial charge is 0.465 e. The summed E-state index contributed by atoms with van der Waals surface area (Å²) >= 11 is 0. The number of ether oxygens (including phenoxy) is 1. The first-order chi connectivity index (χ1) is 8.82. The normalized spacial score (nSPS) is 11.6. The summed E-state index contributed by atoms with van der Waals surface area (Å²) in [5.74, 6) is -0.266. The Hall–Kier alpha value is -1.40. The van der Waals surface area contributed by atoms with Gasteiger partial charge in [-0.2, -0.15) is 0 Å². The zero-order chi connectivity index (χ0) is 14.5. The average molecular weight is 285 g/mol. The van der Waals surface area contributed by atoms with Gasteiger partial charge in [0, 0.05) is 12.8 Å². The molecule has 0 amide bonds. The zero-order valence-corrected chi connectivity index (χ0v) is 12.2. The first-order valence-electron chi connectivity index (χ1n) is 5.96. The highest BCUT2D eigenvalue weighted by atomic mass is 32.2. The highest BCUT2D eigenvalue weighted by Gasteiger charge is 2.09. The molecule has 0 unspecified atom stereocenters. The first-order valence-corrected chi connectivity index (χ1v) is 7.85. The molecule has 0 aliphatic heterocycles. The molecule has 0 aliphatic rings. The maximum atomic E-state index is 11.3. The summed E-state index contributed by atoms with van der Waals surface area (Å²) in [6, 6.07) is 6.64.